The number of amides is 1. The number of nitrogens with one attached hydrogen (secondary N) is 1. The summed E-state index contributed by atoms with van der Waals surface area (Å²) in [6.07, 6.45) is 4.55. The van der Waals surface area contributed by atoms with Crippen molar-refractivity contribution in [2.45, 2.75) is 41.9 Å². The quantitative estimate of drug-likeness (QED) is 0.861. The lowest BCUT2D eigenvalue weighted by molar-refractivity contribution is -0.122. The van der Waals surface area contributed by atoms with Crippen LogP contribution in [0.4, 0.5) is 0 Å². The van der Waals surface area contributed by atoms with Gasteiger partial charge in [0.15, 0.2) is 0 Å². The number of hydrogen-bond acceptors (Lipinski definition) is 2. The van der Waals surface area contributed by atoms with E-state index in [0.717, 1.165) is 25.1 Å². The maximum atomic E-state index is 12.4. The van der Waals surface area contributed by atoms with Gasteiger partial charge >= 0.3 is 0 Å². The molecular weight excluding hydrogens is 290 g/mol. The van der Waals surface area contributed by atoms with Crippen molar-refractivity contribution in [3.05, 3.63) is 29.8 Å². The summed E-state index contributed by atoms with van der Waals surface area (Å²) in [6.45, 7) is 0.783. The molecule has 1 heterocycles. The molecule has 1 aliphatic heterocycles. The van der Waals surface area contributed by atoms with Crippen molar-refractivity contribution in [1.82, 2.24) is 5.32 Å². The van der Waals surface area contributed by atoms with Crippen LogP contribution in [0, 0.1) is 5.92 Å². The molecule has 3 atom stereocenters. The Hall–Kier alpha value is -0.670. The minimum Gasteiger partial charge on any atom is -0.355 e. The lowest BCUT2D eigenvalue weighted by Gasteiger charge is -2.26. The number of halogens is 1. The summed E-state index contributed by atoms with van der Waals surface area (Å²) in [5, 5.41) is 3.44. The van der Waals surface area contributed by atoms with Gasteiger partial charge in [0.25, 0.3) is 0 Å². The third-order valence-electron chi connectivity index (χ3n) is 4.30. The van der Waals surface area contributed by atoms with Crippen molar-refractivity contribution in [2.75, 3.05) is 12.3 Å². The fraction of sp³-hybridized carbons (Fsp3) is 0.562. The predicted octanol–water partition coefficient (Wildman–Crippen LogP) is 3.79. The van der Waals surface area contributed by atoms with Gasteiger partial charge in [0, 0.05) is 22.6 Å². The van der Waals surface area contributed by atoms with E-state index in [9.17, 15) is 4.79 Å². The lowest BCUT2D eigenvalue weighted by atomic mass is 9.88. The summed E-state index contributed by atoms with van der Waals surface area (Å²) >= 11 is 7.99. The highest BCUT2D eigenvalue weighted by atomic mass is 35.5. The van der Waals surface area contributed by atoms with E-state index in [0.29, 0.717) is 11.3 Å². The van der Waals surface area contributed by atoms with Gasteiger partial charge in [0.05, 0.1) is 5.92 Å². The van der Waals surface area contributed by atoms with E-state index in [1.54, 1.807) is 11.8 Å². The highest BCUT2D eigenvalue weighted by Gasteiger charge is 2.29. The molecule has 0 radical (unpaired) electrons. The second kappa shape index (κ2) is 6.40. The molecule has 2 aliphatic rings. The van der Waals surface area contributed by atoms with Gasteiger partial charge in [-0.15, -0.1) is 23.4 Å². The molecule has 0 aromatic heterocycles. The van der Waals surface area contributed by atoms with Crippen LogP contribution in [-0.4, -0.2) is 23.6 Å². The average molecular weight is 310 g/mol. The first kappa shape index (κ1) is 14.3. The molecule has 1 aromatic rings. The van der Waals surface area contributed by atoms with Crippen LogP contribution in [-0.2, 0) is 4.79 Å². The van der Waals surface area contributed by atoms with Crippen molar-refractivity contribution < 1.29 is 4.79 Å². The molecule has 0 saturated heterocycles. The first-order valence-electron chi connectivity index (χ1n) is 7.37. The van der Waals surface area contributed by atoms with Gasteiger partial charge < -0.3 is 5.32 Å². The maximum absolute atomic E-state index is 12.4. The molecule has 1 amide bonds. The van der Waals surface area contributed by atoms with Gasteiger partial charge in [-0.3, -0.25) is 4.79 Å². The van der Waals surface area contributed by atoms with Crippen LogP contribution >= 0.6 is 23.4 Å². The van der Waals surface area contributed by atoms with Crippen molar-refractivity contribution in [1.29, 1.82) is 0 Å². The molecule has 3 rings (SSSR count). The van der Waals surface area contributed by atoms with Crippen LogP contribution in [0.15, 0.2) is 29.2 Å². The summed E-state index contributed by atoms with van der Waals surface area (Å²) < 4.78 is 0. The van der Waals surface area contributed by atoms with Crippen LogP contribution in [0.25, 0.3) is 0 Å². The van der Waals surface area contributed by atoms with Crippen LogP contribution < -0.4 is 5.32 Å². The van der Waals surface area contributed by atoms with E-state index < -0.39 is 0 Å². The van der Waals surface area contributed by atoms with E-state index in [1.807, 2.05) is 12.1 Å². The summed E-state index contributed by atoms with van der Waals surface area (Å²) in [5.74, 6) is 1.62. The number of carbonyl (C=O) groups is 1. The lowest BCUT2D eigenvalue weighted by Crippen LogP contribution is -2.35. The highest BCUT2D eigenvalue weighted by molar-refractivity contribution is 7.99. The minimum atomic E-state index is 0.0200. The summed E-state index contributed by atoms with van der Waals surface area (Å²) in [4.78, 5) is 13.6. The molecule has 2 nitrogen and oxygen atoms in total. The SMILES string of the molecule is O=C(NCC1CCCC(Cl)C1)C1CSc2ccccc21. The number of alkyl halides is 1. The second-order valence-electron chi connectivity index (χ2n) is 5.78. The van der Waals surface area contributed by atoms with E-state index in [-0.39, 0.29) is 11.8 Å². The van der Waals surface area contributed by atoms with Crippen molar-refractivity contribution in [3.63, 3.8) is 0 Å². The fourth-order valence-corrected chi connectivity index (χ4v) is 4.79. The molecule has 3 unspecified atom stereocenters. The molecule has 4 heteroatoms. The smallest absolute Gasteiger partial charge is 0.228 e. The van der Waals surface area contributed by atoms with Crippen LogP contribution in [0.3, 0.4) is 0 Å². The average Bonchev–Trinajstić information content (AvgIpc) is 2.89. The van der Waals surface area contributed by atoms with E-state index >= 15 is 0 Å². The second-order valence-corrected chi connectivity index (χ2v) is 7.46. The molecule has 1 saturated carbocycles. The Morgan fingerprint density at radius 1 is 1.35 bits per heavy atom. The Kier molecular flexibility index (Phi) is 4.57. The Labute approximate surface area is 129 Å². The fourth-order valence-electron chi connectivity index (χ4n) is 3.16. The minimum absolute atomic E-state index is 0.0200. The third-order valence-corrected chi connectivity index (χ3v) is 5.88. The van der Waals surface area contributed by atoms with Gasteiger partial charge in [-0.2, -0.15) is 0 Å². The Bertz CT molecular complexity index is 493. The van der Waals surface area contributed by atoms with Crippen molar-refractivity contribution >= 4 is 29.3 Å². The number of carbonyl (C=O) groups excluding carboxylic acids is 1. The zero-order chi connectivity index (χ0) is 13.9. The Morgan fingerprint density at radius 3 is 3.05 bits per heavy atom. The molecule has 20 heavy (non-hydrogen) atoms. The molecule has 108 valence electrons. The van der Waals surface area contributed by atoms with Crippen LogP contribution in [0.5, 0.6) is 0 Å². The van der Waals surface area contributed by atoms with Crippen molar-refractivity contribution in [3.8, 4) is 0 Å². The van der Waals surface area contributed by atoms with Gasteiger partial charge in [-0.25, -0.2) is 0 Å². The number of hydrogen-bond donors (Lipinski definition) is 1. The van der Waals surface area contributed by atoms with Gasteiger partial charge in [-0.05, 0) is 36.8 Å². The molecule has 1 N–H and O–H groups in total. The number of rotatable bonds is 3. The zero-order valence-electron chi connectivity index (χ0n) is 11.5. The summed E-state index contributed by atoms with van der Waals surface area (Å²) in [5.41, 5.74) is 1.19. The summed E-state index contributed by atoms with van der Waals surface area (Å²) in [7, 11) is 0. The number of benzene rings is 1. The van der Waals surface area contributed by atoms with E-state index in [4.69, 9.17) is 11.6 Å². The first-order valence-corrected chi connectivity index (χ1v) is 8.79. The molecular formula is C16H20ClNOS. The van der Waals surface area contributed by atoms with Crippen LogP contribution in [0.1, 0.15) is 37.2 Å². The van der Waals surface area contributed by atoms with E-state index in [2.05, 4.69) is 17.4 Å². The molecule has 0 bridgehead atoms. The van der Waals surface area contributed by atoms with Crippen LogP contribution in [0.2, 0.25) is 0 Å². The first-order chi connectivity index (χ1) is 9.74. The van der Waals surface area contributed by atoms with Gasteiger partial charge in [0.2, 0.25) is 5.91 Å². The zero-order valence-corrected chi connectivity index (χ0v) is 13.1. The van der Waals surface area contributed by atoms with Gasteiger partial charge in [-0.1, -0.05) is 24.6 Å². The predicted molar refractivity (Wildman–Crippen MR) is 84.5 cm³/mol. The Balaban J connectivity index is 1.55. The molecule has 1 fully saturated rings. The molecule has 1 aliphatic carbocycles. The standard InChI is InChI=1S/C16H20ClNOS/c17-12-5-3-4-11(8-12)9-18-16(19)14-10-20-15-7-2-1-6-13(14)15/h1-2,6-7,11-12,14H,3-5,8-10H2,(H,18,19). The van der Waals surface area contributed by atoms with Gasteiger partial charge in [0.1, 0.15) is 0 Å². The monoisotopic (exact) mass is 309 g/mol. The van der Waals surface area contributed by atoms with E-state index in [1.165, 1.54) is 23.3 Å². The number of thioether (sulfide) groups is 1. The maximum Gasteiger partial charge on any atom is 0.228 e. The largest absolute Gasteiger partial charge is 0.355 e. The topological polar surface area (TPSA) is 29.1 Å². The summed E-state index contributed by atoms with van der Waals surface area (Å²) in [6, 6.07) is 8.24. The molecule has 1 aromatic carbocycles. The number of fused-ring (bicyclic) bond motifs is 1. The third kappa shape index (κ3) is 3.15. The normalized spacial score (nSPS) is 28.9. The van der Waals surface area contributed by atoms with Crippen molar-refractivity contribution in [2.24, 2.45) is 5.92 Å². The highest BCUT2D eigenvalue weighted by Crippen LogP contribution is 2.39. The Morgan fingerprint density at radius 2 is 2.20 bits per heavy atom. The molecule has 0 spiro atoms.